The van der Waals surface area contributed by atoms with Crippen LogP contribution in [0.3, 0.4) is 0 Å². The van der Waals surface area contributed by atoms with Gasteiger partial charge in [0.1, 0.15) is 6.10 Å². The van der Waals surface area contributed by atoms with E-state index in [9.17, 15) is 4.79 Å². The summed E-state index contributed by atoms with van der Waals surface area (Å²) in [6, 6.07) is 13.2. The highest BCUT2D eigenvalue weighted by molar-refractivity contribution is 5.93. The molecule has 0 aliphatic carbocycles. The highest BCUT2D eigenvalue weighted by atomic mass is 16.5. The van der Waals surface area contributed by atoms with Gasteiger partial charge in [-0.1, -0.05) is 35.5 Å². The molecular weight excluding hydrogens is 360 g/mol. The number of ether oxygens (including phenoxy) is 2. The largest absolute Gasteiger partial charge is 0.474 e. The highest BCUT2D eigenvalue weighted by Gasteiger charge is 2.27. The van der Waals surface area contributed by atoms with Crippen molar-refractivity contribution >= 4 is 5.91 Å². The van der Waals surface area contributed by atoms with Gasteiger partial charge in [0.2, 0.25) is 5.88 Å². The minimum Gasteiger partial charge on any atom is -0.474 e. The van der Waals surface area contributed by atoms with Crippen molar-refractivity contribution in [3.63, 3.8) is 0 Å². The molecule has 1 aliphatic rings. The SMILES string of the molecule is COc1nccc(OC2CCN(C(=O)c3cc(-c4ccccc4)on3)CC2)n1. The van der Waals surface area contributed by atoms with Crippen LogP contribution in [0.15, 0.2) is 53.2 Å². The monoisotopic (exact) mass is 380 g/mol. The molecule has 1 saturated heterocycles. The maximum absolute atomic E-state index is 12.7. The second kappa shape index (κ2) is 8.08. The number of benzene rings is 1. The number of carbonyl (C=O) groups excluding carboxylic acids is 1. The fourth-order valence-electron chi connectivity index (χ4n) is 3.11. The predicted octanol–water partition coefficient (Wildman–Crippen LogP) is 2.82. The zero-order valence-electron chi connectivity index (χ0n) is 15.4. The van der Waals surface area contributed by atoms with E-state index < -0.39 is 0 Å². The van der Waals surface area contributed by atoms with E-state index in [0.717, 1.165) is 5.56 Å². The number of carbonyl (C=O) groups is 1. The van der Waals surface area contributed by atoms with Crippen molar-refractivity contribution in [3.8, 4) is 23.2 Å². The fourth-order valence-corrected chi connectivity index (χ4v) is 3.11. The van der Waals surface area contributed by atoms with E-state index in [0.29, 0.717) is 43.3 Å². The number of piperidine rings is 1. The molecule has 3 heterocycles. The zero-order valence-corrected chi connectivity index (χ0v) is 15.4. The van der Waals surface area contributed by atoms with Crippen LogP contribution in [0.2, 0.25) is 0 Å². The van der Waals surface area contributed by atoms with Crippen LogP contribution in [0.1, 0.15) is 23.3 Å². The van der Waals surface area contributed by atoms with Crippen molar-refractivity contribution < 1.29 is 18.8 Å². The van der Waals surface area contributed by atoms with Crippen molar-refractivity contribution in [1.82, 2.24) is 20.0 Å². The van der Waals surface area contributed by atoms with E-state index in [1.165, 1.54) is 7.11 Å². The molecule has 3 aromatic rings. The molecule has 4 rings (SSSR count). The maximum Gasteiger partial charge on any atom is 0.319 e. The van der Waals surface area contributed by atoms with Gasteiger partial charge < -0.3 is 18.9 Å². The van der Waals surface area contributed by atoms with E-state index in [4.69, 9.17) is 14.0 Å². The van der Waals surface area contributed by atoms with E-state index in [1.807, 2.05) is 30.3 Å². The molecule has 1 aliphatic heterocycles. The van der Waals surface area contributed by atoms with Crippen LogP contribution < -0.4 is 9.47 Å². The van der Waals surface area contributed by atoms with Crippen molar-refractivity contribution in [2.45, 2.75) is 18.9 Å². The van der Waals surface area contributed by atoms with Gasteiger partial charge in [0.25, 0.3) is 5.91 Å². The second-order valence-corrected chi connectivity index (χ2v) is 6.43. The number of nitrogens with zero attached hydrogens (tertiary/aromatic N) is 4. The summed E-state index contributed by atoms with van der Waals surface area (Å²) in [7, 11) is 1.51. The molecule has 0 bridgehead atoms. The summed E-state index contributed by atoms with van der Waals surface area (Å²) in [6.45, 7) is 1.17. The first-order valence-electron chi connectivity index (χ1n) is 9.08. The van der Waals surface area contributed by atoms with Gasteiger partial charge in [-0.15, -0.1) is 0 Å². The molecule has 2 aromatic heterocycles. The first-order chi connectivity index (χ1) is 13.7. The highest BCUT2D eigenvalue weighted by Crippen LogP contribution is 2.23. The minimum absolute atomic E-state index is 0.0131. The molecular formula is C20H20N4O4. The van der Waals surface area contributed by atoms with Gasteiger partial charge in [0.05, 0.1) is 7.11 Å². The summed E-state index contributed by atoms with van der Waals surface area (Å²) in [6.07, 6.45) is 3.00. The van der Waals surface area contributed by atoms with Gasteiger partial charge in [-0.25, -0.2) is 4.98 Å². The van der Waals surface area contributed by atoms with E-state index in [1.54, 1.807) is 23.2 Å². The summed E-state index contributed by atoms with van der Waals surface area (Å²) in [4.78, 5) is 22.6. The van der Waals surface area contributed by atoms with Gasteiger partial charge in [-0.2, -0.15) is 4.98 Å². The fraction of sp³-hybridized carbons (Fsp3) is 0.300. The summed E-state index contributed by atoms with van der Waals surface area (Å²) < 4.78 is 16.2. The first-order valence-corrected chi connectivity index (χ1v) is 9.08. The third kappa shape index (κ3) is 3.95. The molecule has 8 nitrogen and oxygen atoms in total. The van der Waals surface area contributed by atoms with Crippen molar-refractivity contribution in [1.29, 1.82) is 0 Å². The van der Waals surface area contributed by atoms with Crippen LogP contribution in [0.25, 0.3) is 11.3 Å². The Bertz CT molecular complexity index is 936. The summed E-state index contributed by atoms with van der Waals surface area (Å²) in [5, 5.41) is 3.95. The van der Waals surface area contributed by atoms with E-state index in [2.05, 4.69) is 15.1 Å². The Kier molecular flexibility index (Phi) is 5.18. The Hall–Kier alpha value is -3.42. The molecule has 1 amide bonds. The lowest BCUT2D eigenvalue weighted by atomic mass is 10.1. The number of hydrogen-bond donors (Lipinski definition) is 0. The molecule has 0 unspecified atom stereocenters. The number of hydrogen-bond acceptors (Lipinski definition) is 7. The topological polar surface area (TPSA) is 90.6 Å². The van der Waals surface area contributed by atoms with Gasteiger partial charge in [-0.3, -0.25) is 4.79 Å². The van der Waals surface area contributed by atoms with Crippen LogP contribution in [0.5, 0.6) is 11.9 Å². The quantitative estimate of drug-likeness (QED) is 0.672. The van der Waals surface area contributed by atoms with Crippen molar-refractivity contribution in [3.05, 3.63) is 54.4 Å². The maximum atomic E-state index is 12.7. The Morgan fingerprint density at radius 1 is 1.18 bits per heavy atom. The van der Waals surface area contributed by atoms with Crippen LogP contribution in [0.4, 0.5) is 0 Å². The van der Waals surface area contributed by atoms with Crippen LogP contribution in [0, 0.1) is 0 Å². The zero-order chi connectivity index (χ0) is 19.3. The van der Waals surface area contributed by atoms with Crippen molar-refractivity contribution in [2.24, 2.45) is 0 Å². The number of rotatable bonds is 5. The predicted molar refractivity (Wildman–Crippen MR) is 100 cm³/mol. The number of aromatic nitrogens is 3. The van der Waals surface area contributed by atoms with Gasteiger partial charge >= 0.3 is 6.01 Å². The van der Waals surface area contributed by atoms with Crippen LogP contribution in [-0.4, -0.2) is 52.2 Å². The van der Waals surface area contributed by atoms with Crippen molar-refractivity contribution in [2.75, 3.05) is 20.2 Å². The van der Waals surface area contributed by atoms with E-state index in [-0.39, 0.29) is 18.0 Å². The molecule has 1 aromatic carbocycles. The molecule has 28 heavy (non-hydrogen) atoms. The lowest BCUT2D eigenvalue weighted by Gasteiger charge is -2.31. The molecule has 8 heteroatoms. The molecule has 0 atom stereocenters. The normalized spacial score (nSPS) is 14.7. The van der Waals surface area contributed by atoms with Crippen LogP contribution in [-0.2, 0) is 0 Å². The summed E-state index contributed by atoms with van der Waals surface area (Å²) in [5.41, 5.74) is 1.21. The standard InChI is InChI=1S/C20H20N4O4/c1-26-20-21-10-7-18(22-20)27-15-8-11-24(12-9-15)19(25)16-13-17(28-23-16)14-5-3-2-4-6-14/h2-7,10,13,15H,8-9,11-12H2,1H3. The van der Waals surface area contributed by atoms with Crippen LogP contribution >= 0.6 is 0 Å². The lowest BCUT2D eigenvalue weighted by Crippen LogP contribution is -2.42. The molecule has 0 radical (unpaired) electrons. The molecule has 0 saturated carbocycles. The second-order valence-electron chi connectivity index (χ2n) is 6.43. The average molecular weight is 380 g/mol. The molecule has 144 valence electrons. The average Bonchev–Trinajstić information content (AvgIpc) is 3.25. The lowest BCUT2D eigenvalue weighted by molar-refractivity contribution is 0.0577. The summed E-state index contributed by atoms with van der Waals surface area (Å²) in [5.74, 6) is 0.925. The van der Waals surface area contributed by atoms with Gasteiger partial charge in [0, 0.05) is 49.8 Å². The Morgan fingerprint density at radius 3 is 2.71 bits per heavy atom. The van der Waals surface area contributed by atoms with Gasteiger partial charge in [0.15, 0.2) is 11.5 Å². The first kappa shape index (κ1) is 18.0. The Balaban J connectivity index is 1.34. The minimum atomic E-state index is -0.131. The Labute approximate surface area is 162 Å². The third-order valence-corrected chi connectivity index (χ3v) is 4.59. The van der Waals surface area contributed by atoms with E-state index >= 15 is 0 Å². The molecule has 1 fully saturated rings. The number of methoxy groups -OCH3 is 1. The molecule has 0 spiro atoms. The number of amides is 1. The third-order valence-electron chi connectivity index (χ3n) is 4.59. The Morgan fingerprint density at radius 2 is 1.96 bits per heavy atom. The smallest absolute Gasteiger partial charge is 0.319 e. The van der Waals surface area contributed by atoms with Gasteiger partial charge in [-0.05, 0) is 0 Å². The number of likely N-dealkylation sites (tertiary alicyclic amines) is 1. The summed E-state index contributed by atoms with van der Waals surface area (Å²) >= 11 is 0. The molecule has 0 N–H and O–H groups in total.